The number of allylic oxidation sites excluding steroid dienone is 1. The number of hydrogen-bond acceptors (Lipinski definition) is 3. The van der Waals surface area contributed by atoms with Crippen LogP contribution in [0.3, 0.4) is 0 Å². The van der Waals surface area contributed by atoms with Gasteiger partial charge in [0.05, 0.1) is 6.61 Å². The smallest absolute Gasteiger partial charge is 0.461 e. The summed E-state index contributed by atoms with van der Waals surface area (Å²) in [5.41, 5.74) is 1.17. The molecule has 3 aromatic rings. The van der Waals surface area contributed by atoms with Crippen LogP contribution in [-0.4, -0.2) is 35.8 Å². The lowest BCUT2D eigenvalue weighted by atomic mass is 9.86. The molecule has 204 valence electrons. The first-order chi connectivity index (χ1) is 18.5. The number of carbonyl (C=O) groups is 2. The number of benzene rings is 3. The van der Waals surface area contributed by atoms with Crippen molar-refractivity contribution in [2.24, 2.45) is 0 Å². The van der Waals surface area contributed by atoms with Crippen molar-refractivity contribution in [1.82, 2.24) is 0 Å². The quantitative estimate of drug-likeness (QED) is 0.134. The molecule has 0 aliphatic carbocycles. The molecule has 1 aliphatic rings. The number of ether oxygens (including phenoxy) is 1. The molecule has 0 radical (unpaired) electrons. The maximum atomic E-state index is 15.0. The lowest BCUT2D eigenvalue weighted by Crippen LogP contribution is -2.51. The highest BCUT2D eigenvalue weighted by Crippen LogP contribution is 2.72. The fourth-order valence-corrected chi connectivity index (χ4v) is 10.5. The highest BCUT2D eigenvalue weighted by Gasteiger charge is 2.66. The number of esters is 1. The molecular weight excluding hydrogens is 534 g/mol. The number of hydrogen-bond donors (Lipinski definition) is 0. The number of ketones is 1. The van der Waals surface area contributed by atoms with Crippen molar-refractivity contribution < 1.29 is 36.3 Å². The van der Waals surface area contributed by atoms with Gasteiger partial charge in [0, 0.05) is 5.16 Å². The summed E-state index contributed by atoms with van der Waals surface area (Å²) in [6.07, 6.45) is -3.89. The zero-order chi connectivity index (χ0) is 28.3. The minimum absolute atomic E-state index is 0.244. The minimum atomic E-state index is -6.22. The van der Waals surface area contributed by atoms with Gasteiger partial charge < -0.3 is 4.74 Å². The number of Topliss-reactive ketones (excluding diaryl/α,β-unsaturated/α-hetero) is 1. The van der Waals surface area contributed by atoms with E-state index in [0.29, 0.717) is 22.9 Å². The van der Waals surface area contributed by atoms with Crippen LogP contribution < -0.4 is 5.30 Å². The van der Waals surface area contributed by atoms with Gasteiger partial charge in [-0.15, -0.1) is 0 Å². The molecular formula is C30H26F5O3P. The number of carbonyl (C=O) groups excluding carboxylic acids is 2. The maximum absolute atomic E-state index is 15.0. The molecule has 0 saturated heterocycles. The Morgan fingerprint density at radius 1 is 0.821 bits per heavy atom. The average molecular weight is 560 g/mol. The molecule has 0 saturated carbocycles. The van der Waals surface area contributed by atoms with Gasteiger partial charge in [-0.05, 0) is 43.1 Å². The highest BCUT2D eigenvalue weighted by molar-refractivity contribution is 7.89. The van der Waals surface area contributed by atoms with E-state index in [9.17, 15) is 31.5 Å². The van der Waals surface area contributed by atoms with E-state index in [2.05, 4.69) is 0 Å². The van der Waals surface area contributed by atoms with Crippen LogP contribution in [0, 0.1) is 0 Å². The second kappa shape index (κ2) is 10.9. The zero-order valence-corrected chi connectivity index (χ0v) is 21.9. The van der Waals surface area contributed by atoms with Crippen molar-refractivity contribution in [3.05, 3.63) is 114 Å². The van der Waals surface area contributed by atoms with Crippen molar-refractivity contribution in [3.63, 3.8) is 0 Å². The Labute approximate surface area is 223 Å². The SMILES string of the molecule is CCOC(=O)C(C(=O)C(F)(F)C(F)(F)F)=P1(c2ccccc2)C=CCCC1(c1ccccc1)c1ccccc1. The predicted molar refractivity (Wildman–Crippen MR) is 143 cm³/mol. The number of alkyl halides is 5. The molecule has 0 amide bonds. The van der Waals surface area contributed by atoms with Gasteiger partial charge in [-0.1, -0.05) is 103 Å². The van der Waals surface area contributed by atoms with Crippen LogP contribution in [0.15, 0.2) is 103 Å². The van der Waals surface area contributed by atoms with Gasteiger partial charge in [-0.3, -0.25) is 4.79 Å². The van der Waals surface area contributed by atoms with Gasteiger partial charge in [0.1, 0.15) is 5.29 Å². The third kappa shape index (κ3) is 4.65. The summed E-state index contributed by atoms with van der Waals surface area (Å²) in [5, 5.41) is -2.19. The Kier molecular flexibility index (Phi) is 7.99. The first kappa shape index (κ1) is 28.5. The Morgan fingerprint density at radius 3 is 1.77 bits per heavy atom. The zero-order valence-electron chi connectivity index (χ0n) is 21.0. The van der Waals surface area contributed by atoms with Crippen molar-refractivity contribution in [2.75, 3.05) is 6.61 Å². The standard InChI is InChI=1S/C30H26F5O3P/c1-2-38-27(37)25(26(36)29(31,32)30(33,34)35)39(24-18-10-5-11-19-24)21-13-12-20-28(39,22-14-6-3-7-15-22)23-16-8-4-9-17-23/h3-11,13-19,21H,2,12,20H2,1H3. The Balaban J connectivity index is 2.34. The summed E-state index contributed by atoms with van der Waals surface area (Å²) in [6.45, 7) is -2.84. The molecule has 1 atom stereocenters. The summed E-state index contributed by atoms with van der Waals surface area (Å²) >= 11 is 0. The van der Waals surface area contributed by atoms with Gasteiger partial charge in [-0.25, -0.2) is 4.79 Å². The third-order valence-corrected chi connectivity index (χ3v) is 11.8. The van der Waals surface area contributed by atoms with Gasteiger partial charge in [0.25, 0.3) is 0 Å². The van der Waals surface area contributed by atoms with Gasteiger partial charge >= 0.3 is 18.1 Å². The van der Waals surface area contributed by atoms with Crippen LogP contribution in [0.2, 0.25) is 0 Å². The molecule has 1 unspecified atom stereocenters. The summed E-state index contributed by atoms with van der Waals surface area (Å²) in [5.74, 6) is -8.36. The molecule has 39 heavy (non-hydrogen) atoms. The van der Waals surface area contributed by atoms with Crippen LogP contribution in [-0.2, 0) is 19.5 Å². The van der Waals surface area contributed by atoms with E-state index in [-0.39, 0.29) is 13.0 Å². The topological polar surface area (TPSA) is 43.4 Å². The predicted octanol–water partition coefficient (Wildman–Crippen LogP) is 7.08. The maximum Gasteiger partial charge on any atom is 0.461 e. The summed E-state index contributed by atoms with van der Waals surface area (Å²) in [7, 11) is 0. The first-order valence-corrected chi connectivity index (χ1v) is 14.2. The van der Waals surface area contributed by atoms with Crippen LogP contribution in [0.25, 0.3) is 0 Å². The average Bonchev–Trinajstić information content (AvgIpc) is 2.94. The second-order valence-corrected chi connectivity index (χ2v) is 12.5. The molecule has 0 aromatic heterocycles. The molecule has 0 fully saturated rings. The van der Waals surface area contributed by atoms with E-state index in [1.54, 1.807) is 97.1 Å². The van der Waals surface area contributed by atoms with Crippen LogP contribution in [0.5, 0.6) is 0 Å². The molecule has 0 spiro atoms. The molecule has 0 bridgehead atoms. The largest absolute Gasteiger partial charge is 0.462 e. The molecule has 3 aromatic carbocycles. The van der Waals surface area contributed by atoms with Gasteiger partial charge in [-0.2, -0.15) is 22.0 Å². The molecule has 1 aliphatic heterocycles. The molecule has 1 heterocycles. The fraction of sp³-hybridized carbons (Fsp3) is 0.233. The van der Waals surface area contributed by atoms with E-state index >= 15 is 0 Å². The Morgan fingerprint density at radius 2 is 1.31 bits per heavy atom. The van der Waals surface area contributed by atoms with Crippen molar-refractivity contribution >= 4 is 29.2 Å². The summed E-state index contributed by atoms with van der Waals surface area (Å²) in [4.78, 5) is 27.1. The van der Waals surface area contributed by atoms with E-state index in [1.807, 2.05) is 0 Å². The van der Waals surface area contributed by atoms with Crippen LogP contribution in [0.4, 0.5) is 22.0 Å². The lowest BCUT2D eigenvalue weighted by molar-refractivity contribution is -0.265. The molecule has 0 N–H and O–H groups in total. The van der Waals surface area contributed by atoms with Gasteiger partial charge in [0.15, 0.2) is 0 Å². The Bertz CT molecular complexity index is 1380. The normalized spacial score (nSPS) is 18.8. The van der Waals surface area contributed by atoms with E-state index in [4.69, 9.17) is 4.74 Å². The van der Waals surface area contributed by atoms with E-state index in [1.165, 1.54) is 12.7 Å². The number of halogens is 5. The van der Waals surface area contributed by atoms with E-state index < -0.39 is 41.2 Å². The van der Waals surface area contributed by atoms with Crippen molar-refractivity contribution in [2.45, 2.75) is 37.0 Å². The van der Waals surface area contributed by atoms with E-state index in [0.717, 1.165) is 0 Å². The van der Waals surface area contributed by atoms with Gasteiger partial charge in [0.2, 0.25) is 5.78 Å². The molecule has 9 heteroatoms. The van der Waals surface area contributed by atoms with Crippen LogP contribution >= 0.6 is 6.89 Å². The fourth-order valence-electron chi connectivity index (χ4n) is 5.36. The summed E-state index contributed by atoms with van der Waals surface area (Å²) < 4.78 is 76.1. The monoisotopic (exact) mass is 560 g/mol. The van der Waals surface area contributed by atoms with Crippen molar-refractivity contribution in [1.29, 1.82) is 0 Å². The third-order valence-electron chi connectivity index (χ3n) is 6.95. The molecule has 4 rings (SSSR count). The Hall–Kier alpha value is -3.51. The van der Waals surface area contributed by atoms with Crippen LogP contribution in [0.1, 0.15) is 30.9 Å². The first-order valence-electron chi connectivity index (χ1n) is 12.3. The minimum Gasteiger partial charge on any atom is -0.462 e. The summed E-state index contributed by atoms with van der Waals surface area (Å²) in [6, 6.07) is 25.4. The lowest BCUT2D eigenvalue weighted by Gasteiger charge is -2.49. The number of rotatable bonds is 7. The second-order valence-electron chi connectivity index (χ2n) is 9.04. The molecule has 3 nitrogen and oxygen atoms in total. The highest BCUT2D eigenvalue weighted by atomic mass is 31.2. The van der Waals surface area contributed by atoms with Crippen molar-refractivity contribution in [3.8, 4) is 0 Å².